The van der Waals surface area contributed by atoms with Crippen LogP contribution in [0.25, 0.3) is 0 Å². The fourth-order valence-corrected chi connectivity index (χ4v) is 3.37. The summed E-state index contributed by atoms with van der Waals surface area (Å²) in [6.07, 6.45) is 0. The molecule has 1 fully saturated rings. The number of rotatable bonds is 2. The monoisotopic (exact) mass is 450 g/mol. The van der Waals surface area contributed by atoms with Crippen molar-refractivity contribution in [2.75, 3.05) is 31.1 Å². The molecule has 0 aromatic heterocycles. The van der Waals surface area contributed by atoms with Gasteiger partial charge in [-0.1, -0.05) is 33.6 Å². The highest BCUT2D eigenvalue weighted by Gasteiger charge is 2.31. The summed E-state index contributed by atoms with van der Waals surface area (Å²) in [6.45, 7) is 0.342. The summed E-state index contributed by atoms with van der Waals surface area (Å²) in [6, 6.07) is 6.82. The summed E-state index contributed by atoms with van der Waals surface area (Å²) < 4.78 is 56.2. The molecule has 0 aliphatic carbocycles. The number of anilines is 1. The van der Waals surface area contributed by atoms with Crippen molar-refractivity contribution in [2.24, 2.45) is 0 Å². The van der Waals surface area contributed by atoms with Gasteiger partial charge in [-0.05, 0) is 18.2 Å². The van der Waals surface area contributed by atoms with Crippen molar-refractivity contribution in [1.82, 2.24) is 4.90 Å². The molecule has 3 rings (SSSR count). The Bertz CT molecular complexity index is 843. The summed E-state index contributed by atoms with van der Waals surface area (Å²) in [5.41, 5.74) is -0.340. The predicted molar refractivity (Wildman–Crippen MR) is 93.5 cm³/mol. The Labute approximate surface area is 160 Å². The second-order valence-electron chi connectivity index (χ2n) is 5.71. The quantitative estimate of drug-likeness (QED) is 0.378. The molecule has 26 heavy (non-hydrogen) atoms. The second-order valence-corrected chi connectivity index (χ2v) is 7.00. The molecule has 1 aliphatic heterocycles. The Kier molecular flexibility index (Phi) is 5.43. The molecule has 0 bridgehead atoms. The van der Waals surface area contributed by atoms with E-state index in [0.717, 1.165) is 9.37 Å². The molecular weight excluding hydrogens is 440 g/mol. The Morgan fingerprint density at radius 3 is 2.08 bits per heavy atom. The Hall–Kier alpha value is -1.80. The van der Waals surface area contributed by atoms with Gasteiger partial charge in [-0.15, -0.1) is 0 Å². The van der Waals surface area contributed by atoms with Gasteiger partial charge in [-0.25, -0.2) is 17.6 Å². The number of hydrogen-bond acceptors (Lipinski definition) is 2. The predicted octanol–water partition coefficient (Wildman–Crippen LogP) is 4.62. The molecule has 138 valence electrons. The minimum Gasteiger partial charge on any atom is -0.363 e. The summed E-state index contributed by atoms with van der Waals surface area (Å²) >= 11 is 8.52. The maximum Gasteiger partial charge on any atom is 0.254 e. The van der Waals surface area contributed by atoms with Crippen LogP contribution in [-0.2, 0) is 0 Å². The summed E-state index contributed by atoms with van der Waals surface area (Å²) in [5.74, 6) is -6.58. The highest BCUT2D eigenvalue weighted by molar-refractivity contribution is 9.10. The average molecular weight is 452 g/mol. The minimum absolute atomic E-state index is 0.0219. The normalized spacial score (nSPS) is 14.7. The maximum atomic E-state index is 14.1. The molecule has 2 aromatic carbocycles. The van der Waals surface area contributed by atoms with Gasteiger partial charge in [0.25, 0.3) is 5.91 Å². The zero-order chi connectivity index (χ0) is 19.0. The minimum atomic E-state index is -1.63. The third-order valence-electron chi connectivity index (χ3n) is 4.14. The molecule has 2 aromatic rings. The van der Waals surface area contributed by atoms with Crippen molar-refractivity contribution in [1.29, 1.82) is 0 Å². The van der Waals surface area contributed by atoms with Crippen molar-refractivity contribution in [3.8, 4) is 0 Å². The van der Waals surface area contributed by atoms with Gasteiger partial charge in [0.2, 0.25) is 0 Å². The van der Waals surface area contributed by atoms with Crippen molar-refractivity contribution in [3.05, 3.63) is 62.6 Å². The number of hydrogen-bond donors (Lipinski definition) is 0. The van der Waals surface area contributed by atoms with Gasteiger partial charge < -0.3 is 9.80 Å². The smallest absolute Gasteiger partial charge is 0.254 e. The van der Waals surface area contributed by atoms with Crippen LogP contribution in [0.1, 0.15) is 10.4 Å². The van der Waals surface area contributed by atoms with Crippen LogP contribution in [0, 0.1) is 23.3 Å². The molecule has 0 spiro atoms. The van der Waals surface area contributed by atoms with E-state index in [4.69, 9.17) is 11.6 Å². The fourth-order valence-electron chi connectivity index (χ4n) is 2.81. The van der Waals surface area contributed by atoms with E-state index < -0.39 is 34.0 Å². The van der Waals surface area contributed by atoms with Crippen LogP contribution in [-0.4, -0.2) is 37.0 Å². The molecule has 3 nitrogen and oxygen atoms in total. The highest BCUT2D eigenvalue weighted by atomic mass is 79.9. The molecule has 0 atom stereocenters. The van der Waals surface area contributed by atoms with Crippen LogP contribution >= 0.6 is 27.5 Å². The third-order valence-corrected chi connectivity index (χ3v) is 4.97. The topological polar surface area (TPSA) is 23.6 Å². The van der Waals surface area contributed by atoms with E-state index in [1.54, 1.807) is 24.3 Å². The molecule has 1 heterocycles. The SMILES string of the molecule is O=C(c1cccc(Br)c1)N1CCN(c2c(F)c(F)c(Cl)c(F)c2F)CC1. The number of halogens is 6. The lowest BCUT2D eigenvalue weighted by atomic mass is 10.1. The van der Waals surface area contributed by atoms with Gasteiger partial charge in [0, 0.05) is 36.2 Å². The van der Waals surface area contributed by atoms with Gasteiger partial charge in [0.1, 0.15) is 10.7 Å². The van der Waals surface area contributed by atoms with Crippen LogP contribution in [0.2, 0.25) is 5.02 Å². The fraction of sp³-hybridized carbons (Fsp3) is 0.235. The molecule has 1 amide bonds. The van der Waals surface area contributed by atoms with E-state index >= 15 is 0 Å². The van der Waals surface area contributed by atoms with Crippen molar-refractivity contribution in [2.45, 2.75) is 0 Å². The van der Waals surface area contributed by atoms with Crippen LogP contribution in [0.15, 0.2) is 28.7 Å². The number of carbonyl (C=O) groups is 1. The van der Waals surface area contributed by atoms with E-state index in [9.17, 15) is 22.4 Å². The first-order valence-electron chi connectivity index (χ1n) is 7.62. The molecule has 1 aliphatic rings. The second kappa shape index (κ2) is 7.44. The Balaban J connectivity index is 1.78. The average Bonchev–Trinajstić information content (AvgIpc) is 2.65. The summed E-state index contributed by atoms with van der Waals surface area (Å²) in [4.78, 5) is 15.2. The molecule has 0 unspecified atom stereocenters. The number of nitrogens with zero attached hydrogens (tertiary/aromatic N) is 2. The highest BCUT2D eigenvalue weighted by Crippen LogP contribution is 2.34. The van der Waals surface area contributed by atoms with Crippen LogP contribution in [0.4, 0.5) is 23.2 Å². The van der Waals surface area contributed by atoms with Gasteiger partial charge in [0.15, 0.2) is 23.3 Å². The largest absolute Gasteiger partial charge is 0.363 e. The van der Waals surface area contributed by atoms with E-state index in [1.807, 2.05) is 0 Å². The first kappa shape index (κ1) is 19.0. The van der Waals surface area contributed by atoms with Crippen LogP contribution in [0.5, 0.6) is 0 Å². The van der Waals surface area contributed by atoms with Crippen molar-refractivity contribution >= 4 is 39.1 Å². The first-order valence-corrected chi connectivity index (χ1v) is 8.79. The lowest BCUT2D eigenvalue weighted by Gasteiger charge is -2.36. The van der Waals surface area contributed by atoms with E-state index in [2.05, 4.69) is 15.9 Å². The lowest BCUT2D eigenvalue weighted by Crippen LogP contribution is -2.49. The molecule has 9 heteroatoms. The van der Waals surface area contributed by atoms with Crippen molar-refractivity contribution in [3.63, 3.8) is 0 Å². The number of piperazine rings is 1. The Morgan fingerprint density at radius 1 is 0.962 bits per heavy atom. The van der Waals surface area contributed by atoms with Gasteiger partial charge in [-0.3, -0.25) is 4.79 Å². The number of benzene rings is 2. The van der Waals surface area contributed by atoms with E-state index in [-0.39, 0.29) is 32.1 Å². The zero-order valence-electron chi connectivity index (χ0n) is 13.2. The van der Waals surface area contributed by atoms with Gasteiger partial charge in [0.05, 0.1) is 0 Å². The van der Waals surface area contributed by atoms with Gasteiger partial charge >= 0.3 is 0 Å². The number of carbonyl (C=O) groups excluding carboxylic acids is 1. The van der Waals surface area contributed by atoms with Crippen LogP contribution in [0.3, 0.4) is 0 Å². The maximum absolute atomic E-state index is 14.1. The lowest BCUT2D eigenvalue weighted by molar-refractivity contribution is 0.0746. The Morgan fingerprint density at radius 2 is 1.54 bits per heavy atom. The zero-order valence-corrected chi connectivity index (χ0v) is 15.6. The molecular formula is C17H12BrClF4N2O. The third kappa shape index (κ3) is 3.40. The molecule has 0 radical (unpaired) electrons. The van der Waals surface area contributed by atoms with E-state index in [0.29, 0.717) is 5.56 Å². The standard InChI is InChI=1S/C17H12BrClF4N2O/c18-10-3-1-2-9(8-10)17(26)25-6-4-24(5-7-25)16-14(22)12(20)11(19)13(21)15(16)23/h1-3,8H,4-7H2. The first-order chi connectivity index (χ1) is 12.3. The summed E-state index contributed by atoms with van der Waals surface area (Å²) in [7, 11) is 0. The molecule has 0 N–H and O–H groups in total. The molecule has 0 saturated carbocycles. The summed E-state index contributed by atoms with van der Waals surface area (Å²) in [5, 5.41) is -1.22. The number of amides is 1. The molecule has 1 saturated heterocycles. The van der Waals surface area contributed by atoms with Gasteiger partial charge in [-0.2, -0.15) is 0 Å². The van der Waals surface area contributed by atoms with E-state index in [1.165, 1.54) is 4.90 Å². The van der Waals surface area contributed by atoms with Crippen LogP contribution < -0.4 is 4.90 Å². The van der Waals surface area contributed by atoms with Crippen molar-refractivity contribution < 1.29 is 22.4 Å².